The molecule has 0 radical (unpaired) electrons. The van der Waals surface area contributed by atoms with Crippen LogP contribution in [0.4, 0.5) is 11.6 Å². The Bertz CT molecular complexity index is 1080. The second-order valence-electron chi connectivity index (χ2n) is 6.57. The van der Waals surface area contributed by atoms with Crippen LogP contribution in [0.1, 0.15) is 40.6 Å². The van der Waals surface area contributed by atoms with E-state index in [1.807, 2.05) is 13.0 Å². The number of hydrogen-bond donors (Lipinski definition) is 1. The standard InChI is InChI=1S/C20H21N3O3S/c1-3-23-18(24)16-14-9-4-5-10-15(14)27-17(16)22-20(23)21-13-8-6-7-12(11-13)19(25)26-2/h6-8,11H,3-5,9-10H2,1-2H3,(H,21,22). The first-order chi connectivity index (χ1) is 13.1. The molecule has 3 aromatic rings. The summed E-state index contributed by atoms with van der Waals surface area (Å²) in [7, 11) is 1.35. The molecule has 2 aromatic heterocycles. The maximum Gasteiger partial charge on any atom is 0.337 e. The number of benzene rings is 1. The molecule has 0 saturated heterocycles. The van der Waals surface area contributed by atoms with Crippen molar-refractivity contribution in [2.45, 2.75) is 39.2 Å². The van der Waals surface area contributed by atoms with Gasteiger partial charge in [-0.15, -0.1) is 11.3 Å². The fourth-order valence-electron chi connectivity index (χ4n) is 3.60. The number of nitrogens with zero attached hydrogens (tertiary/aromatic N) is 2. The first-order valence-corrected chi connectivity index (χ1v) is 9.94. The minimum atomic E-state index is -0.402. The van der Waals surface area contributed by atoms with Crippen LogP contribution in [0.2, 0.25) is 0 Å². The van der Waals surface area contributed by atoms with E-state index in [1.54, 1.807) is 34.1 Å². The van der Waals surface area contributed by atoms with Crippen molar-refractivity contribution >= 4 is 39.2 Å². The van der Waals surface area contributed by atoms with Crippen LogP contribution in [0.3, 0.4) is 0 Å². The molecule has 0 spiro atoms. The van der Waals surface area contributed by atoms with Crippen LogP contribution in [0.5, 0.6) is 0 Å². The number of nitrogens with one attached hydrogen (secondary N) is 1. The molecule has 27 heavy (non-hydrogen) atoms. The fourth-order valence-corrected chi connectivity index (χ4v) is 4.85. The Morgan fingerprint density at radius 1 is 1.33 bits per heavy atom. The largest absolute Gasteiger partial charge is 0.465 e. The van der Waals surface area contributed by atoms with Gasteiger partial charge in [0.15, 0.2) is 0 Å². The van der Waals surface area contributed by atoms with E-state index < -0.39 is 5.97 Å². The highest BCUT2D eigenvalue weighted by molar-refractivity contribution is 7.18. The van der Waals surface area contributed by atoms with Gasteiger partial charge in [-0.2, -0.15) is 0 Å². The maximum atomic E-state index is 13.1. The van der Waals surface area contributed by atoms with Gasteiger partial charge in [0.25, 0.3) is 5.56 Å². The van der Waals surface area contributed by atoms with E-state index in [0.29, 0.717) is 23.7 Å². The number of thiophene rings is 1. The van der Waals surface area contributed by atoms with E-state index >= 15 is 0 Å². The Kier molecular flexibility index (Phi) is 4.70. The molecule has 0 unspecified atom stereocenters. The van der Waals surface area contributed by atoms with E-state index in [1.165, 1.54) is 24.0 Å². The summed E-state index contributed by atoms with van der Waals surface area (Å²) in [6, 6.07) is 6.99. The zero-order valence-electron chi connectivity index (χ0n) is 15.4. The number of rotatable bonds is 4. The maximum absolute atomic E-state index is 13.1. The number of carbonyl (C=O) groups excluding carboxylic acids is 1. The number of methoxy groups -OCH3 is 1. The second-order valence-corrected chi connectivity index (χ2v) is 7.66. The van der Waals surface area contributed by atoms with Crippen LogP contribution in [0, 0.1) is 0 Å². The molecule has 0 amide bonds. The summed E-state index contributed by atoms with van der Waals surface area (Å²) >= 11 is 1.63. The Hall–Kier alpha value is -2.67. The summed E-state index contributed by atoms with van der Waals surface area (Å²) in [5.74, 6) is 0.0940. The fraction of sp³-hybridized carbons (Fsp3) is 0.350. The third-order valence-electron chi connectivity index (χ3n) is 4.93. The van der Waals surface area contributed by atoms with Gasteiger partial charge in [-0.3, -0.25) is 9.36 Å². The number of carbonyl (C=O) groups is 1. The lowest BCUT2D eigenvalue weighted by Gasteiger charge is -2.14. The number of hydrogen-bond acceptors (Lipinski definition) is 6. The predicted octanol–water partition coefficient (Wildman–Crippen LogP) is 3.89. The summed E-state index contributed by atoms with van der Waals surface area (Å²) in [5, 5.41) is 3.99. The van der Waals surface area contributed by atoms with Crippen LogP contribution in [0.15, 0.2) is 29.1 Å². The molecule has 1 aliphatic rings. The zero-order valence-corrected chi connectivity index (χ0v) is 16.2. The molecule has 7 heteroatoms. The first kappa shape index (κ1) is 17.7. The van der Waals surface area contributed by atoms with Gasteiger partial charge in [0.1, 0.15) is 4.83 Å². The van der Waals surface area contributed by atoms with Gasteiger partial charge in [-0.1, -0.05) is 6.07 Å². The lowest BCUT2D eigenvalue weighted by Crippen LogP contribution is -2.23. The summed E-state index contributed by atoms with van der Waals surface area (Å²) in [6.07, 6.45) is 4.30. The van der Waals surface area contributed by atoms with Crippen LogP contribution in [-0.2, 0) is 24.1 Å². The van der Waals surface area contributed by atoms with Crippen molar-refractivity contribution in [2.24, 2.45) is 0 Å². The Morgan fingerprint density at radius 3 is 2.93 bits per heavy atom. The Balaban J connectivity index is 1.80. The van der Waals surface area contributed by atoms with E-state index in [4.69, 9.17) is 9.72 Å². The van der Waals surface area contributed by atoms with Crippen LogP contribution in [-0.4, -0.2) is 22.6 Å². The normalized spacial score (nSPS) is 13.4. The highest BCUT2D eigenvalue weighted by Gasteiger charge is 2.21. The van der Waals surface area contributed by atoms with E-state index in [0.717, 1.165) is 29.5 Å². The molecule has 1 aliphatic carbocycles. The zero-order chi connectivity index (χ0) is 19.0. The molecular weight excluding hydrogens is 362 g/mol. The summed E-state index contributed by atoms with van der Waals surface area (Å²) < 4.78 is 6.44. The third-order valence-corrected chi connectivity index (χ3v) is 6.12. The van der Waals surface area contributed by atoms with Crippen molar-refractivity contribution in [1.29, 1.82) is 0 Å². The van der Waals surface area contributed by atoms with Crippen molar-refractivity contribution in [2.75, 3.05) is 12.4 Å². The van der Waals surface area contributed by atoms with Crippen LogP contribution >= 0.6 is 11.3 Å². The highest BCUT2D eigenvalue weighted by atomic mass is 32.1. The summed E-state index contributed by atoms with van der Waals surface area (Å²) in [4.78, 5) is 31.8. The predicted molar refractivity (Wildman–Crippen MR) is 107 cm³/mol. The van der Waals surface area contributed by atoms with Crippen molar-refractivity contribution < 1.29 is 9.53 Å². The number of anilines is 2. The van der Waals surface area contributed by atoms with Crippen LogP contribution < -0.4 is 10.9 Å². The molecule has 2 heterocycles. The highest BCUT2D eigenvalue weighted by Crippen LogP contribution is 2.34. The average molecular weight is 383 g/mol. The SMILES string of the molecule is CCn1c(Nc2cccc(C(=O)OC)c2)nc2sc3c(c2c1=O)CCCC3. The van der Waals surface area contributed by atoms with Gasteiger partial charge in [0, 0.05) is 17.1 Å². The van der Waals surface area contributed by atoms with Gasteiger partial charge in [0.2, 0.25) is 5.95 Å². The van der Waals surface area contributed by atoms with Crippen molar-refractivity contribution in [3.63, 3.8) is 0 Å². The summed E-state index contributed by atoms with van der Waals surface area (Å²) in [5.41, 5.74) is 2.34. The quantitative estimate of drug-likeness (QED) is 0.692. The molecular formula is C20H21N3O3S. The lowest BCUT2D eigenvalue weighted by atomic mass is 9.97. The van der Waals surface area contributed by atoms with Crippen LogP contribution in [0.25, 0.3) is 10.2 Å². The molecule has 6 nitrogen and oxygen atoms in total. The molecule has 0 bridgehead atoms. The van der Waals surface area contributed by atoms with Gasteiger partial charge in [0.05, 0.1) is 18.1 Å². The Labute approximate surface area is 160 Å². The molecule has 0 fully saturated rings. The van der Waals surface area contributed by atoms with Gasteiger partial charge in [-0.25, -0.2) is 9.78 Å². The molecule has 140 valence electrons. The van der Waals surface area contributed by atoms with Crippen molar-refractivity contribution in [3.05, 3.63) is 50.6 Å². The minimum Gasteiger partial charge on any atom is -0.465 e. The molecule has 0 atom stereocenters. The molecule has 0 aliphatic heterocycles. The topological polar surface area (TPSA) is 73.2 Å². The molecule has 4 rings (SSSR count). The average Bonchev–Trinajstić information content (AvgIpc) is 3.06. The monoisotopic (exact) mass is 383 g/mol. The summed E-state index contributed by atoms with van der Waals surface area (Å²) in [6.45, 7) is 2.45. The van der Waals surface area contributed by atoms with Gasteiger partial charge in [-0.05, 0) is 56.4 Å². The number of fused-ring (bicyclic) bond motifs is 3. The molecule has 0 saturated carbocycles. The third kappa shape index (κ3) is 3.12. The number of esters is 1. The molecule has 1 aromatic carbocycles. The molecule has 1 N–H and O–H groups in total. The van der Waals surface area contributed by atoms with Crippen molar-refractivity contribution in [3.8, 4) is 0 Å². The number of aromatic nitrogens is 2. The van der Waals surface area contributed by atoms with E-state index in [9.17, 15) is 9.59 Å². The van der Waals surface area contributed by atoms with Gasteiger partial charge >= 0.3 is 5.97 Å². The second kappa shape index (κ2) is 7.15. The number of aryl methyl sites for hydroxylation is 2. The number of ether oxygens (including phenoxy) is 1. The smallest absolute Gasteiger partial charge is 0.337 e. The minimum absolute atomic E-state index is 0.00789. The van der Waals surface area contributed by atoms with Crippen molar-refractivity contribution in [1.82, 2.24) is 9.55 Å². The van der Waals surface area contributed by atoms with Gasteiger partial charge < -0.3 is 10.1 Å². The first-order valence-electron chi connectivity index (χ1n) is 9.13. The van der Waals surface area contributed by atoms with E-state index in [-0.39, 0.29) is 5.56 Å². The lowest BCUT2D eigenvalue weighted by molar-refractivity contribution is 0.0601. The Morgan fingerprint density at radius 2 is 2.15 bits per heavy atom. The van der Waals surface area contributed by atoms with E-state index in [2.05, 4.69) is 5.32 Å².